The first-order chi connectivity index (χ1) is 7.70. The Morgan fingerprint density at radius 2 is 1.94 bits per heavy atom. The van der Waals surface area contributed by atoms with Crippen LogP contribution in [-0.2, 0) is 0 Å². The molecule has 2 heteroatoms. The van der Waals surface area contributed by atoms with E-state index in [1.54, 1.807) is 0 Å². The van der Waals surface area contributed by atoms with Crippen molar-refractivity contribution < 1.29 is 0 Å². The second-order valence-electron chi connectivity index (χ2n) is 5.19. The van der Waals surface area contributed by atoms with Gasteiger partial charge in [0.15, 0.2) is 0 Å². The average Bonchev–Trinajstić information content (AvgIpc) is 2.30. The van der Waals surface area contributed by atoms with E-state index in [0.717, 1.165) is 11.4 Å². The van der Waals surface area contributed by atoms with Gasteiger partial charge in [0.05, 0.1) is 11.4 Å². The highest BCUT2D eigenvalue weighted by molar-refractivity contribution is 5.53. The second kappa shape index (κ2) is 4.86. The Morgan fingerprint density at radius 1 is 1.25 bits per heavy atom. The van der Waals surface area contributed by atoms with Gasteiger partial charge >= 0.3 is 0 Å². The molecule has 0 bridgehead atoms. The number of aromatic nitrogens is 1. The molecule has 88 valence electrons. The molecule has 0 aliphatic heterocycles. The van der Waals surface area contributed by atoms with Crippen LogP contribution in [0.15, 0.2) is 12.3 Å². The highest BCUT2D eigenvalue weighted by Gasteiger charge is 2.20. The Balaban J connectivity index is 2.29. The number of hydrogen-bond acceptors (Lipinski definition) is 2. The van der Waals surface area contributed by atoms with Crippen molar-refractivity contribution in [1.82, 2.24) is 4.98 Å². The van der Waals surface area contributed by atoms with E-state index in [0.29, 0.717) is 11.8 Å². The zero-order valence-corrected chi connectivity index (χ0v) is 10.4. The Hall–Kier alpha value is -1.05. The van der Waals surface area contributed by atoms with E-state index in [-0.39, 0.29) is 0 Å². The van der Waals surface area contributed by atoms with Gasteiger partial charge in [-0.15, -0.1) is 0 Å². The molecule has 2 rings (SSSR count). The summed E-state index contributed by atoms with van der Waals surface area (Å²) in [6.45, 7) is 4.38. The second-order valence-corrected chi connectivity index (χ2v) is 5.19. The smallest absolute Gasteiger partial charge is 0.0666 e. The molecule has 0 atom stereocenters. The largest absolute Gasteiger partial charge is 0.397 e. The van der Waals surface area contributed by atoms with E-state index >= 15 is 0 Å². The van der Waals surface area contributed by atoms with Crippen LogP contribution >= 0.6 is 0 Å². The van der Waals surface area contributed by atoms with Crippen LogP contribution in [-0.4, -0.2) is 4.98 Å². The van der Waals surface area contributed by atoms with Crippen LogP contribution in [0.4, 0.5) is 5.69 Å². The molecule has 1 fully saturated rings. The average molecular weight is 218 g/mol. The van der Waals surface area contributed by atoms with Gasteiger partial charge in [-0.2, -0.15) is 0 Å². The lowest BCUT2D eigenvalue weighted by atomic mass is 9.85. The van der Waals surface area contributed by atoms with Crippen LogP contribution in [0.2, 0.25) is 0 Å². The van der Waals surface area contributed by atoms with Crippen LogP contribution < -0.4 is 5.73 Å². The summed E-state index contributed by atoms with van der Waals surface area (Å²) in [5, 5.41) is 0. The molecule has 0 amide bonds. The summed E-state index contributed by atoms with van der Waals surface area (Å²) >= 11 is 0. The van der Waals surface area contributed by atoms with E-state index in [2.05, 4.69) is 24.9 Å². The summed E-state index contributed by atoms with van der Waals surface area (Å²) in [5.74, 6) is 1.10. The van der Waals surface area contributed by atoms with Gasteiger partial charge < -0.3 is 5.73 Å². The maximum atomic E-state index is 6.25. The lowest BCUT2D eigenvalue weighted by Gasteiger charge is -2.23. The fourth-order valence-corrected chi connectivity index (χ4v) is 2.71. The molecule has 1 heterocycles. The predicted octanol–water partition coefficient (Wildman–Crippen LogP) is 3.83. The van der Waals surface area contributed by atoms with Crippen LogP contribution in [0.1, 0.15) is 69.0 Å². The minimum atomic E-state index is 0.491. The van der Waals surface area contributed by atoms with Gasteiger partial charge in [0.25, 0.3) is 0 Å². The molecule has 1 aromatic heterocycles. The molecular weight excluding hydrogens is 196 g/mol. The lowest BCUT2D eigenvalue weighted by molar-refractivity contribution is 0.437. The Morgan fingerprint density at radius 3 is 2.56 bits per heavy atom. The molecule has 0 unspecified atom stereocenters. The van der Waals surface area contributed by atoms with E-state index in [9.17, 15) is 0 Å². The Kier molecular flexibility index (Phi) is 3.47. The van der Waals surface area contributed by atoms with Gasteiger partial charge in [-0.1, -0.05) is 33.1 Å². The first-order valence-electron chi connectivity index (χ1n) is 6.44. The molecule has 0 aromatic carbocycles. The zero-order chi connectivity index (χ0) is 11.5. The Bertz CT molecular complexity index is 352. The van der Waals surface area contributed by atoms with E-state index in [1.165, 1.54) is 37.7 Å². The van der Waals surface area contributed by atoms with Gasteiger partial charge in [-0.25, -0.2) is 0 Å². The first-order valence-corrected chi connectivity index (χ1v) is 6.44. The van der Waals surface area contributed by atoms with Gasteiger partial charge in [0.2, 0.25) is 0 Å². The van der Waals surface area contributed by atoms with Crippen molar-refractivity contribution in [3.8, 4) is 0 Å². The van der Waals surface area contributed by atoms with Gasteiger partial charge in [-0.05, 0) is 30.4 Å². The topological polar surface area (TPSA) is 38.9 Å². The van der Waals surface area contributed by atoms with Gasteiger partial charge in [0.1, 0.15) is 0 Å². The normalized spacial score (nSPS) is 17.9. The summed E-state index contributed by atoms with van der Waals surface area (Å²) in [6.07, 6.45) is 8.49. The SMILES string of the molecule is CC(C)c1ccnc(C2CCCCC2)c1N. The number of nitrogens with zero attached hydrogens (tertiary/aromatic N) is 1. The highest BCUT2D eigenvalue weighted by atomic mass is 14.7. The summed E-state index contributed by atoms with van der Waals surface area (Å²) in [5.41, 5.74) is 9.62. The molecule has 0 spiro atoms. The molecule has 2 nitrogen and oxygen atoms in total. The maximum absolute atomic E-state index is 6.25. The number of anilines is 1. The number of rotatable bonds is 2. The third kappa shape index (κ3) is 2.21. The summed E-state index contributed by atoms with van der Waals surface area (Å²) < 4.78 is 0. The van der Waals surface area contributed by atoms with E-state index < -0.39 is 0 Å². The van der Waals surface area contributed by atoms with Crippen LogP contribution in [0, 0.1) is 0 Å². The monoisotopic (exact) mass is 218 g/mol. The number of hydrogen-bond donors (Lipinski definition) is 1. The standard InChI is InChI=1S/C14H22N2/c1-10(2)12-8-9-16-14(13(12)15)11-6-4-3-5-7-11/h8-11H,3-7,15H2,1-2H3. The van der Waals surface area contributed by atoms with Crippen molar-refractivity contribution in [2.24, 2.45) is 0 Å². The fraction of sp³-hybridized carbons (Fsp3) is 0.643. The molecular formula is C14H22N2. The molecule has 1 saturated carbocycles. The minimum Gasteiger partial charge on any atom is -0.397 e. The van der Waals surface area contributed by atoms with E-state index in [4.69, 9.17) is 5.73 Å². The van der Waals surface area contributed by atoms with Crippen molar-refractivity contribution in [2.75, 3.05) is 5.73 Å². The van der Waals surface area contributed by atoms with Crippen molar-refractivity contribution in [3.63, 3.8) is 0 Å². The van der Waals surface area contributed by atoms with E-state index in [1.807, 2.05) is 6.20 Å². The third-order valence-corrected chi connectivity index (χ3v) is 3.67. The molecule has 0 radical (unpaired) electrons. The summed E-state index contributed by atoms with van der Waals surface area (Å²) in [4.78, 5) is 4.52. The molecule has 16 heavy (non-hydrogen) atoms. The molecule has 2 N–H and O–H groups in total. The molecule has 1 aliphatic rings. The summed E-state index contributed by atoms with van der Waals surface area (Å²) in [6, 6.07) is 2.06. The molecule has 1 aliphatic carbocycles. The Labute approximate surface area is 98.3 Å². The molecule has 0 saturated heterocycles. The number of nitrogen functional groups attached to an aromatic ring is 1. The zero-order valence-electron chi connectivity index (χ0n) is 10.4. The number of pyridine rings is 1. The fourth-order valence-electron chi connectivity index (χ4n) is 2.71. The highest BCUT2D eigenvalue weighted by Crippen LogP contribution is 2.36. The predicted molar refractivity (Wildman–Crippen MR) is 68.6 cm³/mol. The maximum Gasteiger partial charge on any atom is 0.0666 e. The van der Waals surface area contributed by atoms with Crippen molar-refractivity contribution in [1.29, 1.82) is 0 Å². The molecule has 1 aromatic rings. The first kappa shape index (κ1) is 11.4. The van der Waals surface area contributed by atoms with Crippen molar-refractivity contribution in [2.45, 2.75) is 57.8 Å². The van der Waals surface area contributed by atoms with Crippen molar-refractivity contribution >= 4 is 5.69 Å². The lowest BCUT2D eigenvalue weighted by Crippen LogP contribution is -2.11. The van der Waals surface area contributed by atoms with Gasteiger partial charge in [-0.3, -0.25) is 4.98 Å². The van der Waals surface area contributed by atoms with Crippen LogP contribution in [0.3, 0.4) is 0 Å². The third-order valence-electron chi connectivity index (χ3n) is 3.67. The number of nitrogens with two attached hydrogens (primary N) is 1. The quantitative estimate of drug-likeness (QED) is 0.819. The summed E-state index contributed by atoms with van der Waals surface area (Å²) in [7, 11) is 0. The van der Waals surface area contributed by atoms with Gasteiger partial charge in [0, 0.05) is 12.1 Å². The van der Waals surface area contributed by atoms with Crippen LogP contribution in [0.25, 0.3) is 0 Å². The van der Waals surface area contributed by atoms with Crippen LogP contribution in [0.5, 0.6) is 0 Å². The minimum absolute atomic E-state index is 0.491. The van der Waals surface area contributed by atoms with Crippen molar-refractivity contribution in [3.05, 3.63) is 23.5 Å².